The van der Waals surface area contributed by atoms with Crippen LogP contribution in [0.4, 0.5) is 4.39 Å². The summed E-state index contributed by atoms with van der Waals surface area (Å²) in [6.45, 7) is 1.96. The summed E-state index contributed by atoms with van der Waals surface area (Å²) in [5, 5.41) is 10.1. The first-order chi connectivity index (χ1) is 8.61. The molecule has 1 unspecified atom stereocenters. The molecular formula is C15H15FO2. The van der Waals surface area contributed by atoms with Gasteiger partial charge in [0.15, 0.2) is 0 Å². The van der Waals surface area contributed by atoms with E-state index >= 15 is 0 Å². The number of halogens is 1. The van der Waals surface area contributed by atoms with E-state index in [0.717, 1.165) is 5.56 Å². The van der Waals surface area contributed by atoms with Gasteiger partial charge in [-0.05, 0) is 24.6 Å². The lowest BCUT2D eigenvalue weighted by Gasteiger charge is -2.13. The summed E-state index contributed by atoms with van der Waals surface area (Å²) in [5.41, 5.74) is 2.02. The van der Waals surface area contributed by atoms with Crippen molar-refractivity contribution in [3.63, 3.8) is 0 Å². The number of aliphatic hydroxyl groups is 1. The van der Waals surface area contributed by atoms with Gasteiger partial charge in [-0.1, -0.05) is 29.8 Å². The van der Waals surface area contributed by atoms with Gasteiger partial charge < -0.3 is 9.84 Å². The van der Waals surface area contributed by atoms with Crippen molar-refractivity contribution in [2.75, 3.05) is 7.11 Å². The molecule has 2 aromatic rings. The third-order valence-electron chi connectivity index (χ3n) is 2.90. The lowest BCUT2D eigenvalue weighted by Crippen LogP contribution is -2.02. The smallest absolute Gasteiger partial charge is 0.133 e. The fraction of sp³-hybridized carbons (Fsp3) is 0.200. The maximum absolute atomic E-state index is 13.8. The number of hydrogen-bond acceptors (Lipinski definition) is 2. The summed E-state index contributed by atoms with van der Waals surface area (Å²) >= 11 is 0. The Morgan fingerprint density at radius 3 is 2.33 bits per heavy atom. The fourth-order valence-electron chi connectivity index (χ4n) is 1.78. The number of hydrogen-bond donors (Lipinski definition) is 1. The molecule has 0 aliphatic rings. The van der Waals surface area contributed by atoms with Gasteiger partial charge in [0.05, 0.1) is 7.11 Å². The third kappa shape index (κ3) is 2.51. The zero-order chi connectivity index (χ0) is 13.1. The predicted octanol–water partition coefficient (Wildman–Crippen LogP) is 3.22. The molecule has 18 heavy (non-hydrogen) atoms. The van der Waals surface area contributed by atoms with Crippen LogP contribution >= 0.6 is 0 Å². The highest BCUT2D eigenvalue weighted by molar-refractivity contribution is 5.36. The van der Waals surface area contributed by atoms with Crippen LogP contribution in [0.3, 0.4) is 0 Å². The Bertz CT molecular complexity index is 535. The van der Waals surface area contributed by atoms with Gasteiger partial charge in [-0.2, -0.15) is 0 Å². The Hall–Kier alpha value is -1.87. The normalized spacial score (nSPS) is 12.2. The molecule has 0 aliphatic carbocycles. The summed E-state index contributed by atoms with van der Waals surface area (Å²) in [6.07, 6.45) is -0.962. The quantitative estimate of drug-likeness (QED) is 0.901. The van der Waals surface area contributed by atoms with Gasteiger partial charge in [-0.15, -0.1) is 0 Å². The zero-order valence-electron chi connectivity index (χ0n) is 10.4. The van der Waals surface area contributed by atoms with Crippen LogP contribution < -0.4 is 4.74 Å². The van der Waals surface area contributed by atoms with E-state index in [4.69, 9.17) is 4.74 Å². The molecule has 0 fully saturated rings. The van der Waals surface area contributed by atoms with Crippen LogP contribution in [-0.2, 0) is 0 Å². The van der Waals surface area contributed by atoms with Crippen LogP contribution in [0.5, 0.6) is 5.75 Å². The number of benzene rings is 2. The maximum Gasteiger partial charge on any atom is 0.133 e. The lowest BCUT2D eigenvalue weighted by atomic mass is 10.00. The van der Waals surface area contributed by atoms with E-state index in [1.165, 1.54) is 13.2 Å². The number of ether oxygens (including phenoxy) is 1. The molecule has 0 bridgehead atoms. The molecule has 0 aliphatic heterocycles. The molecule has 1 N–H and O–H groups in total. The van der Waals surface area contributed by atoms with Gasteiger partial charge in [0.1, 0.15) is 17.7 Å². The van der Waals surface area contributed by atoms with Gasteiger partial charge in [-0.3, -0.25) is 0 Å². The molecule has 0 aromatic heterocycles. The van der Waals surface area contributed by atoms with Crippen molar-refractivity contribution in [1.82, 2.24) is 0 Å². The van der Waals surface area contributed by atoms with Crippen molar-refractivity contribution >= 4 is 0 Å². The first-order valence-corrected chi connectivity index (χ1v) is 5.70. The van der Waals surface area contributed by atoms with Crippen molar-refractivity contribution in [3.8, 4) is 5.75 Å². The molecule has 0 heterocycles. The highest BCUT2D eigenvalue weighted by Crippen LogP contribution is 2.27. The topological polar surface area (TPSA) is 29.5 Å². The van der Waals surface area contributed by atoms with Gasteiger partial charge >= 0.3 is 0 Å². The van der Waals surface area contributed by atoms with Gasteiger partial charge in [0, 0.05) is 11.6 Å². The molecule has 0 spiro atoms. The maximum atomic E-state index is 13.8. The molecular weight excluding hydrogens is 231 g/mol. The van der Waals surface area contributed by atoms with Gasteiger partial charge in [0.2, 0.25) is 0 Å². The van der Waals surface area contributed by atoms with Crippen LogP contribution in [0.1, 0.15) is 22.8 Å². The average molecular weight is 246 g/mol. The van der Waals surface area contributed by atoms with Crippen LogP contribution in [0, 0.1) is 12.7 Å². The van der Waals surface area contributed by atoms with Crippen molar-refractivity contribution in [1.29, 1.82) is 0 Å². The number of aliphatic hydroxyl groups excluding tert-OH is 1. The first-order valence-electron chi connectivity index (χ1n) is 5.70. The fourth-order valence-corrected chi connectivity index (χ4v) is 1.78. The van der Waals surface area contributed by atoms with Gasteiger partial charge in [-0.25, -0.2) is 4.39 Å². The van der Waals surface area contributed by atoms with Crippen LogP contribution in [0.2, 0.25) is 0 Å². The monoisotopic (exact) mass is 246 g/mol. The lowest BCUT2D eigenvalue weighted by molar-refractivity contribution is 0.214. The molecule has 94 valence electrons. The zero-order valence-corrected chi connectivity index (χ0v) is 10.4. The van der Waals surface area contributed by atoms with E-state index < -0.39 is 11.9 Å². The number of rotatable bonds is 3. The molecule has 1 atom stereocenters. The molecule has 3 heteroatoms. The summed E-state index contributed by atoms with van der Waals surface area (Å²) < 4.78 is 18.7. The van der Waals surface area contributed by atoms with Crippen molar-refractivity contribution < 1.29 is 14.2 Å². The van der Waals surface area contributed by atoms with Crippen LogP contribution in [0.15, 0.2) is 42.5 Å². The Labute approximate surface area is 106 Å². The van der Waals surface area contributed by atoms with E-state index in [1.54, 1.807) is 24.3 Å². The molecule has 0 radical (unpaired) electrons. The minimum Gasteiger partial charge on any atom is -0.497 e. The summed E-state index contributed by atoms with van der Waals surface area (Å²) in [6, 6.07) is 11.8. The summed E-state index contributed by atoms with van der Waals surface area (Å²) in [7, 11) is 1.48. The minimum absolute atomic E-state index is 0.250. The first kappa shape index (κ1) is 12.6. The van der Waals surface area contributed by atoms with E-state index in [-0.39, 0.29) is 5.56 Å². The molecule has 0 saturated carbocycles. The highest BCUT2D eigenvalue weighted by Gasteiger charge is 2.15. The summed E-state index contributed by atoms with van der Waals surface area (Å²) in [4.78, 5) is 0. The van der Waals surface area contributed by atoms with E-state index in [1.807, 2.05) is 19.1 Å². The SMILES string of the molecule is COc1ccc(C(O)c2ccc(C)cc2)c(F)c1. The number of aryl methyl sites for hydroxylation is 1. The Morgan fingerprint density at radius 2 is 1.78 bits per heavy atom. The van der Waals surface area contributed by atoms with Crippen LogP contribution in [-0.4, -0.2) is 12.2 Å². The van der Waals surface area contributed by atoms with E-state index in [9.17, 15) is 9.50 Å². The molecule has 2 rings (SSSR count). The second kappa shape index (κ2) is 5.19. The van der Waals surface area contributed by atoms with Crippen molar-refractivity contribution in [3.05, 3.63) is 65.0 Å². The average Bonchev–Trinajstić information content (AvgIpc) is 2.38. The Kier molecular flexibility index (Phi) is 3.63. The third-order valence-corrected chi connectivity index (χ3v) is 2.90. The largest absolute Gasteiger partial charge is 0.497 e. The molecule has 0 saturated heterocycles. The molecule has 0 amide bonds. The highest BCUT2D eigenvalue weighted by atomic mass is 19.1. The van der Waals surface area contributed by atoms with E-state index in [2.05, 4.69) is 0 Å². The van der Waals surface area contributed by atoms with E-state index in [0.29, 0.717) is 11.3 Å². The standard InChI is InChI=1S/C15H15FO2/c1-10-3-5-11(6-4-10)15(17)13-8-7-12(18-2)9-14(13)16/h3-9,15,17H,1-2H3. The number of methoxy groups -OCH3 is 1. The Balaban J connectivity index is 2.33. The van der Waals surface area contributed by atoms with Gasteiger partial charge in [0.25, 0.3) is 0 Å². The molecule has 2 aromatic carbocycles. The van der Waals surface area contributed by atoms with Crippen molar-refractivity contribution in [2.24, 2.45) is 0 Å². The van der Waals surface area contributed by atoms with Crippen molar-refractivity contribution in [2.45, 2.75) is 13.0 Å². The second-order valence-corrected chi connectivity index (χ2v) is 4.20. The molecule has 2 nitrogen and oxygen atoms in total. The summed E-state index contributed by atoms with van der Waals surface area (Å²) in [5.74, 6) is -0.0326. The van der Waals surface area contributed by atoms with Crippen LogP contribution in [0.25, 0.3) is 0 Å². The minimum atomic E-state index is -0.962. The predicted molar refractivity (Wildman–Crippen MR) is 68.2 cm³/mol. The Morgan fingerprint density at radius 1 is 1.11 bits per heavy atom. The second-order valence-electron chi connectivity index (χ2n) is 4.20.